The molecule has 0 spiro atoms. The number of rotatable bonds is 4. The quantitative estimate of drug-likeness (QED) is 0.852. The van der Waals surface area contributed by atoms with Crippen molar-refractivity contribution in [2.75, 3.05) is 17.2 Å². The van der Waals surface area contributed by atoms with Crippen LogP contribution in [-0.4, -0.2) is 12.5 Å². The van der Waals surface area contributed by atoms with Crippen molar-refractivity contribution in [2.45, 2.75) is 6.92 Å². The van der Waals surface area contributed by atoms with Crippen LogP contribution in [0.15, 0.2) is 46.9 Å². The first kappa shape index (κ1) is 14.9. The Bertz CT molecular complexity index is 631. The zero-order valence-electron chi connectivity index (χ0n) is 10.9. The molecule has 0 unspecified atom stereocenters. The highest BCUT2D eigenvalue weighted by Gasteiger charge is 2.05. The lowest BCUT2D eigenvalue weighted by Crippen LogP contribution is -2.21. The second-order valence-corrected chi connectivity index (χ2v) is 5.61. The van der Waals surface area contributed by atoms with E-state index in [-0.39, 0.29) is 12.5 Å². The van der Waals surface area contributed by atoms with Gasteiger partial charge in [0.2, 0.25) is 5.91 Å². The molecule has 2 rings (SSSR count). The van der Waals surface area contributed by atoms with Crippen LogP contribution >= 0.6 is 27.5 Å². The van der Waals surface area contributed by atoms with Crippen LogP contribution in [0.4, 0.5) is 11.4 Å². The first-order chi connectivity index (χ1) is 9.56. The summed E-state index contributed by atoms with van der Waals surface area (Å²) in [5.74, 6) is -0.124. The summed E-state index contributed by atoms with van der Waals surface area (Å²) in [4.78, 5) is 11.9. The molecule has 2 aromatic rings. The minimum atomic E-state index is -0.124. The van der Waals surface area contributed by atoms with Crippen LogP contribution in [0, 0.1) is 6.92 Å². The Balaban J connectivity index is 1.93. The maximum atomic E-state index is 11.9. The Morgan fingerprint density at radius 2 is 2.00 bits per heavy atom. The van der Waals surface area contributed by atoms with E-state index in [1.807, 2.05) is 43.3 Å². The van der Waals surface area contributed by atoms with Gasteiger partial charge in [-0.3, -0.25) is 4.79 Å². The Labute approximate surface area is 131 Å². The normalized spacial score (nSPS) is 10.2. The van der Waals surface area contributed by atoms with E-state index in [2.05, 4.69) is 26.6 Å². The maximum Gasteiger partial charge on any atom is 0.243 e. The highest BCUT2D eigenvalue weighted by atomic mass is 79.9. The molecule has 0 aliphatic heterocycles. The molecule has 104 valence electrons. The Hall–Kier alpha value is -1.52. The summed E-state index contributed by atoms with van der Waals surface area (Å²) in [6.45, 7) is 2.11. The first-order valence-electron chi connectivity index (χ1n) is 6.10. The van der Waals surface area contributed by atoms with E-state index in [0.29, 0.717) is 10.7 Å². The molecule has 0 fully saturated rings. The van der Waals surface area contributed by atoms with Gasteiger partial charge in [-0.2, -0.15) is 0 Å². The third-order valence-electron chi connectivity index (χ3n) is 2.77. The molecule has 0 saturated heterocycles. The van der Waals surface area contributed by atoms with Crippen molar-refractivity contribution in [1.29, 1.82) is 0 Å². The molecular weight excluding hydrogens is 340 g/mol. The number of halogens is 2. The van der Waals surface area contributed by atoms with Crippen molar-refractivity contribution < 1.29 is 4.79 Å². The van der Waals surface area contributed by atoms with Gasteiger partial charge in [0.05, 0.1) is 6.54 Å². The molecule has 2 N–H and O–H groups in total. The topological polar surface area (TPSA) is 41.1 Å². The third-order valence-corrected chi connectivity index (χ3v) is 3.87. The second-order valence-electron chi connectivity index (χ2n) is 4.35. The van der Waals surface area contributed by atoms with Crippen molar-refractivity contribution in [3.63, 3.8) is 0 Å². The van der Waals surface area contributed by atoms with Crippen molar-refractivity contribution in [3.8, 4) is 0 Å². The number of aryl methyl sites for hydroxylation is 1. The molecule has 0 bridgehead atoms. The molecule has 0 aromatic heterocycles. The van der Waals surface area contributed by atoms with Crippen molar-refractivity contribution in [1.82, 2.24) is 0 Å². The molecule has 0 aliphatic rings. The van der Waals surface area contributed by atoms with Gasteiger partial charge >= 0.3 is 0 Å². The second kappa shape index (κ2) is 6.77. The fourth-order valence-corrected chi connectivity index (χ4v) is 2.26. The summed E-state index contributed by atoms with van der Waals surface area (Å²) in [7, 11) is 0. The van der Waals surface area contributed by atoms with E-state index in [1.165, 1.54) is 0 Å². The monoisotopic (exact) mass is 352 g/mol. The lowest BCUT2D eigenvalue weighted by molar-refractivity contribution is -0.114. The minimum absolute atomic E-state index is 0.124. The summed E-state index contributed by atoms with van der Waals surface area (Å²) >= 11 is 9.44. The van der Waals surface area contributed by atoms with Crippen molar-refractivity contribution >= 4 is 44.8 Å². The molecule has 0 atom stereocenters. The van der Waals surface area contributed by atoms with Gasteiger partial charge in [0, 0.05) is 20.9 Å². The molecule has 2 aromatic carbocycles. The number of benzene rings is 2. The zero-order valence-corrected chi connectivity index (χ0v) is 13.3. The van der Waals surface area contributed by atoms with Gasteiger partial charge in [-0.25, -0.2) is 0 Å². The molecule has 1 amide bonds. The largest absolute Gasteiger partial charge is 0.375 e. The summed E-state index contributed by atoms with van der Waals surface area (Å²) in [5.41, 5.74) is 2.56. The van der Waals surface area contributed by atoms with E-state index < -0.39 is 0 Å². The van der Waals surface area contributed by atoms with E-state index in [9.17, 15) is 4.79 Å². The van der Waals surface area contributed by atoms with Gasteiger partial charge in [-0.1, -0.05) is 29.8 Å². The SMILES string of the molecule is Cc1ccc(NC(=O)CNc2ccccc2Br)cc1Cl. The van der Waals surface area contributed by atoms with Crippen LogP contribution in [0.25, 0.3) is 0 Å². The van der Waals surface area contributed by atoms with Crippen molar-refractivity contribution in [2.24, 2.45) is 0 Å². The van der Waals surface area contributed by atoms with Crippen LogP contribution < -0.4 is 10.6 Å². The average molecular weight is 354 g/mol. The predicted molar refractivity (Wildman–Crippen MR) is 87.5 cm³/mol. The molecule has 20 heavy (non-hydrogen) atoms. The Kier molecular flexibility index (Phi) is 5.04. The van der Waals surface area contributed by atoms with Gasteiger partial charge in [0.1, 0.15) is 0 Å². The van der Waals surface area contributed by atoms with Gasteiger partial charge in [-0.05, 0) is 52.7 Å². The van der Waals surface area contributed by atoms with E-state index in [4.69, 9.17) is 11.6 Å². The molecule has 3 nitrogen and oxygen atoms in total. The maximum absolute atomic E-state index is 11.9. The molecular formula is C15H14BrClN2O. The van der Waals surface area contributed by atoms with Crippen LogP contribution in [0.2, 0.25) is 5.02 Å². The summed E-state index contributed by atoms with van der Waals surface area (Å²) < 4.78 is 0.922. The molecule has 0 saturated carbocycles. The number of carbonyl (C=O) groups is 1. The standard InChI is InChI=1S/C15H14BrClN2O/c1-10-6-7-11(8-13(10)17)19-15(20)9-18-14-5-3-2-4-12(14)16/h2-8,18H,9H2,1H3,(H,19,20). The molecule has 0 radical (unpaired) electrons. The number of hydrogen-bond donors (Lipinski definition) is 2. The van der Waals surface area contributed by atoms with Gasteiger partial charge in [-0.15, -0.1) is 0 Å². The number of carbonyl (C=O) groups excluding carboxylic acids is 1. The van der Waals surface area contributed by atoms with Crippen molar-refractivity contribution in [3.05, 3.63) is 57.5 Å². The fourth-order valence-electron chi connectivity index (χ4n) is 1.66. The Morgan fingerprint density at radius 3 is 2.70 bits per heavy atom. The first-order valence-corrected chi connectivity index (χ1v) is 7.28. The number of anilines is 2. The van der Waals surface area contributed by atoms with Crippen LogP contribution in [0.1, 0.15) is 5.56 Å². The lowest BCUT2D eigenvalue weighted by Gasteiger charge is -2.10. The smallest absolute Gasteiger partial charge is 0.243 e. The summed E-state index contributed by atoms with van der Waals surface area (Å²) in [5, 5.41) is 6.51. The number of amides is 1. The van der Waals surface area contributed by atoms with Gasteiger partial charge in [0.15, 0.2) is 0 Å². The van der Waals surface area contributed by atoms with E-state index in [1.54, 1.807) is 6.07 Å². The minimum Gasteiger partial charge on any atom is -0.375 e. The van der Waals surface area contributed by atoms with Gasteiger partial charge in [0.25, 0.3) is 0 Å². The highest BCUT2D eigenvalue weighted by molar-refractivity contribution is 9.10. The number of hydrogen-bond acceptors (Lipinski definition) is 2. The number of nitrogens with one attached hydrogen (secondary N) is 2. The number of para-hydroxylation sites is 1. The molecule has 0 heterocycles. The summed E-state index contributed by atoms with van der Waals surface area (Å²) in [6, 6.07) is 13.1. The lowest BCUT2D eigenvalue weighted by atomic mass is 10.2. The summed E-state index contributed by atoms with van der Waals surface area (Å²) in [6.07, 6.45) is 0. The fraction of sp³-hybridized carbons (Fsp3) is 0.133. The van der Waals surface area contributed by atoms with Crippen LogP contribution in [0.3, 0.4) is 0 Å². The third kappa shape index (κ3) is 3.99. The molecule has 0 aliphatic carbocycles. The van der Waals surface area contributed by atoms with Crippen LogP contribution in [-0.2, 0) is 4.79 Å². The zero-order chi connectivity index (χ0) is 14.5. The van der Waals surface area contributed by atoms with E-state index >= 15 is 0 Å². The van der Waals surface area contributed by atoms with Crippen LogP contribution in [0.5, 0.6) is 0 Å². The van der Waals surface area contributed by atoms with Gasteiger partial charge < -0.3 is 10.6 Å². The predicted octanol–water partition coefficient (Wildman–Crippen LogP) is 4.46. The molecule has 5 heteroatoms. The Morgan fingerprint density at radius 1 is 1.25 bits per heavy atom. The highest BCUT2D eigenvalue weighted by Crippen LogP contribution is 2.21. The van der Waals surface area contributed by atoms with E-state index in [0.717, 1.165) is 15.7 Å². The average Bonchev–Trinajstić information content (AvgIpc) is 2.42.